The second-order valence-corrected chi connectivity index (χ2v) is 5.78. The Morgan fingerprint density at radius 3 is 2.67 bits per heavy atom. The predicted octanol–water partition coefficient (Wildman–Crippen LogP) is 4.26. The Kier molecular flexibility index (Phi) is 4.13. The number of aromatic nitrogens is 2. The lowest BCUT2D eigenvalue weighted by atomic mass is 10.2. The third-order valence-electron chi connectivity index (χ3n) is 2.84. The number of rotatable bonds is 4. The van der Waals surface area contributed by atoms with E-state index in [4.69, 9.17) is 21.9 Å². The largest absolute Gasteiger partial charge is 0.398 e. The molecule has 0 amide bonds. The summed E-state index contributed by atoms with van der Waals surface area (Å²) in [7, 11) is 0. The average molecular weight is 318 g/mol. The van der Waals surface area contributed by atoms with Gasteiger partial charge in [0.1, 0.15) is 0 Å². The van der Waals surface area contributed by atoms with Gasteiger partial charge in [0.05, 0.1) is 16.3 Å². The second kappa shape index (κ2) is 6.20. The Labute approximate surface area is 131 Å². The van der Waals surface area contributed by atoms with Gasteiger partial charge in [0.25, 0.3) is 5.89 Å². The van der Waals surface area contributed by atoms with E-state index in [9.17, 15) is 0 Å². The van der Waals surface area contributed by atoms with Crippen molar-refractivity contribution in [1.82, 2.24) is 10.1 Å². The van der Waals surface area contributed by atoms with Gasteiger partial charge in [0.2, 0.25) is 0 Å². The van der Waals surface area contributed by atoms with Crippen molar-refractivity contribution in [3.8, 4) is 11.5 Å². The summed E-state index contributed by atoms with van der Waals surface area (Å²) < 4.78 is 5.26. The molecule has 21 heavy (non-hydrogen) atoms. The quantitative estimate of drug-likeness (QED) is 0.575. The first-order chi connectivity index (χ1) is 10.2. The van der Waals surface area contributed by atoms with E-state index in [1.807, 2.05) is 30.3 Å². The summed E-state index contributed by atoms with van der Waals surface area (Å²) in [6.07, 6.45) is 0. The Bertz CT molecular complexity index is 725. The highest BCUT2D eigenvalue weighted by Crippen LogP contribution is 2.32. The van der Waals surface area contributed by atoms with Crippen LogP contribution >= 0.6 is 23.4 Å². The molecule has 0 saturated carbocycles. The predicted molar refractivity (Wildman–Crippen MR) is 85.2 cm³/mol. The summed E-state index contributed by atoms with van der Waals surface area (Å²) in [6.45, 7) is 0. The number of halogens is 1. The van der Waals surface area contributed by atoms with Crippen LogP contribution in [0, 0.1) is 0 Å². The molecule has 3 aromatic rings. The summed E-state index contributed by atoms with van der Waals surface area (Å²) in [5, 5.41) is 4.47. The first kappa shape index (κ1) is 14.0. The van der Waals surface area contributed by atoms with Crippen molar-refractivity contribution in [1.29, 1.82) is 0 Å². The van der Waals surface area contributed by atoms with Gasteiger partial charge < -0.3 is 10.3 Å². The topological polar surface area (TPSA) is 64.9 Å². The molecule has 0 aliphatic heterocycles. The van der Waals surface area contributed by atoms with Gasteiger partial charge >= 0.3 is 0 Å². The van der Waals surface area contributed by atoms with Crippen molar-refractivity contribution in [2.45, 2.75) is 10.6 Å². The molecule has 0 unspecified atom stereocenters. The maximum absolute atomic E-state index is 6.13. The molecule has 0 spiro atoms. The minimum absolute atomic E-state index is 0.349. The van der Waals surface area contributed by atoms with Gasteiger partial charge in [-0.15, -0.1) is 11.8 Å². The minimum atomic E-state index is 0.349. The molecule has 4 nitrogen and oxygen atoms in total. The van der Waals surface area contributed by atoms with Crippen LogP contribution in [0.1, 0.15) is 5.82 Å². The minimum Gasteiger partial charge on any atom is -0.398 e. The summed E-state index contributed by atoms with van der Waals surface area (Å²) in [5.41, 5.74) is 7.02. The number of nitrogen functional groups attached to an aromatic ring is 1. The normalized spacial score (nSPS) is 10.7. The van der Waals surface area contributed by atoms with E-state index in [1.54, 1.807) is 30.0 Å². The molecule has 3 rings (SSSR count). The van der Waals surface area contributed by atoms with Crippen LogP contribution in [0.4, 0.5) is 5.69 Å². The van der Waals surface area contributed by atoms with Crippen LogP contribution < -0.4 is 5.73 Å². The van der Waals surface area contributed by atoms with E-state index in [2.05, 4.69) is 10.1 Å². The van der Waals surface area contributed by atoms with E-state index in [-0.39, 0.29) is 0 Å². The van der Waals surface area contributed by atoms with Gasteiger partial charge in [-0.25, -0.2) is 0 Å². The zero-order chi connectivity index (χ0) is 14.7. The summed E-state index contributed by atoms with van der Waals surface area (Å²) in [6, 6.07) is 15.3. The van der Waals surface area contributed by atoms with Crippen LogP contribution in [0.25, 0.3) is 11.5 Å². The number of nitrogens with two attached hydrogens (primary N) is 1. The van der Waals surface area contributed by atoms with Crippen LogP contribution in [-0.4, -0.2) is 10.1 Å². The SMILES string of the molecule is Nc1cccc(Cl)c1-c1nc(CSc2ccccc2)no1. The number of nitrogens with zero attached hydrogens (tertiary/aromatic N) is 2. The number of anilines is 1. The number of benzene rings is 2. The fourth-order valence-electron chi connectivity index (χ4n) is 1.85. The molecule has 0 atom stereocenters. The van der Waals surface area contributed by atoms with Gasteiger partial charge in [0.15, 0.2) is 5.82 Å². The lowest BCUT2D eigenvalue weighted by molar-refractivity contribution is 0.425. The third-order valence-corrected chi connectivity index (χ3v) is 4.16. The molecule has 1 aromatic heterocycles. The van der Waals surface area contributed by atoms with Crippen LogP contribution in [-0.2, 0) is 5.75 Å². The molecule has 0 fully saturated rings. The van der Waals surface area contributed by atoms with Crippen molar-refractivity contribution in [3.05, 3.63) is 59.4 Å². The maximum atomic E-state index is 6.13. The molecule has 6 heteroatoms. The molecule has 0 radical (unpaired) electrons. The Morgan fingerprint density at radius 1 is 1.10 bits per heavy atom. The van der Waals surface area contributed by atoms with Crippen molar-refractivity contribution < 1.29 is 4.52 Å². The monoisotopic (exact) mass is 317 g/mol. The molecule has 0 aliphatic carbocycles. The van der Waals surface area contributed by atoms with Crippen LogP contribution in [0.2, 0.25) is 5.02 Å². The first-order valence-electron chi connectivity index (χ1n) is 6.29. The van der Waals surface area contributed by atoms with Gasteiger partial charge in [-0.3, -0.25) is 0 Å². The molecule has 0 saturated heterocycles. The van der Waals surface area contributed by atoms with Crippen LogP contribution in [0.5, 0.6) is 0 Å². The second-order valence-electron chi connectivity index (χ2n) is 4.32. The molecule has 106 valence electrons. The summed E-state index contributed by atoms with van der Waals surface area (Å²) in [4.78, 5) is 5.51. The molecular weight excluding hydrogens is 306 g/mol. The summed E-state index contributed by atoms with van der Waals surface area (Å²) >= 11 is 7.77. The Hall–Kier alpha value is -1.98. The first-order valence-corrected chi connectivity index (χ1v) is 7.65. The highest BCUT2D eigenvalue weighted by atomic mass is 35.5. The van der Waals surface area contributed by atoms with Crippen LogP contribution in [0.3, 0.4) is 0 Å². The highest BCUT2D eigenvalue weighted by molar-refractivity contribution is 7.98. The fraction of sp³-hybridized carbons (Fsp3) is 0.0667. The van der Waals surface area contributed by atoms with E-state index in [0.717, 1.165) is 4.90 Å². The van der Waals surface area contributed by atoms with Crippen LogP contribution in [0.15, 0.2) is 57.9 Å². The number of hydrogen-bond acceptors (Lipinski definition) is 5. The average Bonchev–Trinajstić information content (AvgIpc) is 2.95. The van der Waals surface area contributed by atoms with Crippen molar-refractivity contribution in [2.75, 3.05) is 5.73 Å². The van der Waals surface area contributed by atoms with E-state index >= 15 is 0 Å². The zero-order valence-electron chi connectivity index (χ0n) is 11.0. The van der Waals surface area contributed by atoms with Gasteiger partial charge in [-0.05, 0) is 24.3 Å². The smallest absolute Gasteiger partial charge is 0.261 e. The molecule has 1 heterocycles. The van der Waals surface area contributed by atoms with Crippen molar-refractivity contribution in [3.63, 3.8) is 0 Å². The molecular formula is C15H12ClN3OS. The fourth-order valence-corrected chi connectivity index (χ4v) is 2.87. The standard InChI is InChI=1S/C15H12ClN3OS/c16-11-7-4-8-12(17)14(11)15-18-13(19-20-15)9-21-10-5-2-1-3-6-10/h1-8H,9,17H2. The lowest BCUT2D eigenvalue weighted by Crippen LogP contribution is -1.91. The molecule has 0 bridgehead atoms. The zero-order valence-corrected chi connectivity index (χ0v) is 12.6. The van der Waals surface area contributed by atoms with Crippen molar-refractivity contribution >= 4 is 29.1 Å². The Morgan fingerprint density at radius 2 is 1.90 bits per heavy atom. The Balaban J connectivity index is 1.78. The van der Waals surface area contributed by atoms with E-state index in [1.165, 1.54) is 0 Å². The molecule has 0 aliphatic rings. The van der Waals surface area contributed by atoms with E-state index < -0.39 is 0 Å². The van der Waals surface area contributed by atoms with Gasteiger partial charge in [0, 0.05) is 10.6 Å². The maximum Gasteiger partial charge on any atom is 0.261 e. The molecule has 2 N–H and O–H groups in total. The lowest BCUT2D eigenvalue weighted by Gasteiger charge is -2.01. The highest BCUT2D eigenvalue weighted by Gasteiger charge is 2.15. The number of hydrogen-bond donors (Lipinski definition) is 1. The number of thioether (sulfide) groups is 1. The van der Waals surface area contributed by atoms with Gasteiger partial charge in [-0.2, -0.15) is 4.98 Å². The van der Waals surface area contributed by atoms with Crippen molar-refractivity contribution in [2.24, 2.45) is 0 Å². The van der Waals surface area contributed by atoms with Gasteiger partial charge in [-0.1, -0.05) is 41.0 Å². The summed E-state index contributed by atoms with van der Waals surface area (Å²) in [5.74, 6) is 1.58. The van der Waals surface area contributed by atoms with E-state index in [0.29, 0.717) is 33.7 Å². The molecule has 2 aromatic carbocycles. The third kappa shape index (κ3) is 3.20.